The summed E-state index contributed by atoms with van der Waals surface area (Å²) in [6.07, 6.45) is 1.38. The lowest BCUT2D eigenvalue weighted by atomic mass is 10.2. The molecule has 0 aliphatic heterocycles. The van der Waals surface area contributed by atoms with Crippen LogP contribution in [0, 0.1) is 28.8 Å². The van der Waals surface area contributed by atoms with E-state index in [1.165, 1.54) is 12.3 Å². The van der Waals surface area contributed by atoms with Gasteiger partial charge in [-0.1, -0.05) is 0 Å². The van der Waals surface area contributed by atoms with Crippen molar-refractivity contribution in [3.05, 3.63) is 83.4 Å². The highest BCUT2D eigenvalue weighted by molar-refractivity contribution is 6.03. The van der Waals surface area contributed by atoms with Crippen LogP contribution >= 0.6 is 0 Å². The Labute approximate surface area is 152 Å². The van der Waals surface area contributed by atoms with E-state index in [2.05, 4.69) is 15.6 Å². The normalized spacial score (nSPS) is 10.1. The Kier molecular flexibility index (Phi) is 5.04. The molecule has 5 nitrogen and oxygen atoms in total. The zero-order valence-electron chi connectivity index (χ0n) is 13.6. The smallest absolute Gasteiger partial charge is 0.274 e. The first-order chi connectivity index (χ1) is 13.0. The second-order valence-electron chi connectivity index (χ2n) is 5.42. The number of hydrogen-bond donors (Lipinski definition) is 2. The Morgan fingerprint density at radius 2 is 1.63 bits per heavy atom. The molecule has 8 heteroatoms. The van der Waals surface area contributed by atoms with Gasteiger partial charge in [0.2, 0.25) is 0 Å². The first kappa shape index (κ1) is 17.9. The number of anilines is 3. The summed E-state index contributed by atoms with van der Waals surface area (Å²) in [5.41, 5.74) is 1.30. The van der Waals surface area contributed by atoms with Gasteiger partial charge in [0.05, 0.1) is 29.2 Å². The van der Waals surface area contributed by atoms with E-state index in [1.54, 1.807) is 30.3 Å². The molecule has 0 aliphatic carbocycles. The molecule has 134 valence electrons. The van der Waals surface area contributed by atoms with Crippen LogP contribution in [0.25, 0.3) is 0 Å². The number of nitrogens with one attached hydrogen (secondary N) is 2. The van der Waals surface area contributed by atoms with Crippen LogP contribution in [0.15, 0.2) is 54.7 Å². The number of nitriles is 1. The number of amides is 1. The van der Waals surface area contributed by atoms with E-state index < -0.39 is 29.0 Å². The van der Waals surface area contributed by atoms with Gasteiger partial charge in [0.25, 0.3) is 5.91 Å². The number of carbonyl (C=O) groups is 1. The van der Waals surface area contributed by atoms with Crippen LogP contribution in [0.2, 0.25) is 0 Å². The van der Waals surface area contributed by atoms with Crippen LogP contribution in [-0.2, 0) is 0 Å². The fourth-order valence-corrected chi connectivity index (χ4v) is 2.21. The molecule has 3 rings (SSSR count). The van der Waals surface area contributed by atoms with Gasteiger partial charge in [-0.15, -0.1) is 0 Å². The Morgan fingerprint density at radius 3 is 2.26 bits per heavy atom. The molecule has 0 atom stereocenters. The number of aromatic nitrogens is 1. The van der Waals surface area contributed by atoms with Crippen LogP contribution < -0.4 is 10.6 Å². The molecule has 0 aliphatic rings. The van der Waals surface area contributed by atoms with Crippen molar-refractivity contribution < 1.29 is 18.0 Å². The predicted octanol–water partition coefficient (Wildman–Crippen LogP) is 4.37. The number of nitrogens with zero attached hydrogens (tertiary/aromatic N) is 2. The predicted molar refractivity (Wildman–Crippen MR) is 92.9 cm³/mol. The van der Waals surface area contributed by atoms with Gasteiger partial charge in [-0.3, -0.25) is 4.79 Å². The van der Waals surface area contributed by atoms with Gasteiger partial charge in [0.15, 0.2) is 17.5 Å². The first-order valence-electron chi connectivity index (χ1n) is 7.66. The van der Waals surface area contributed by atoms with Crippen molar-refractivity contribution in [2.45, 2.75) is 0 Å². The highest BCUT2D eigenvalue weighted by Gasteiger charge is 2.16. The van der Waals surface area contributed by atoms with Crippen molar-refractivity contribution in [3.8, 4) is 6.07 Å². The lowest BCUT2D eigenvalue weighted by Crippen LogP contribution is -2.15. The third kappa shape index (κ3) is 4.04. The topological polar surface area (TPSA) is 77.8 Å². The maximum absolute atomic E-state index is 13.6. The number of hydrogen-bond acceptors (Lipinski definition) is 4. The average Bonchev–Trinajstić information content (AvgIpc) is 2.69. The molecule has 0 radical (unpaired) electrons. The van der Waals surface area contributed by atoms with E-state index in [4.69, 9.17) is 5.26 Å². The van der Waals surface area contributed by atoms with Gasteiger partial charge >= 0.3 is 0 Å². The van der Waals surface area contributed by atoms with Crippen molar-refractivity contribution in [1.82, 2.24) is 4.98 Å². The lowest BCUT2D eigenvalue weighted by molar-refractivity contribution is 0.102. The number of pyridine rings is 1. The zero-order valence-corrected chi connectivity index (χ0v) is 13.6. The van der Waals surface area contributed by atoms with Crippen molar-refractivity contribution in [2.24, 2.45) is 0 Å². The standard InChI is InChI=1S/C19H11F3N4O/c20-14-6-8-15(18(22)17(14)21)26-19(27)16-7-5-13(10-24-16)25-12-3-1-11(9-23)2-4-12/h1-8,10,25H,(H,26,27). The molecule has 0 unspecified atom stereocenters. The van der Waals surface area contributed by atoms with Gasteiger partial charge in [-0.05, 0) is 48.5 Å². The third-order valence-electron chi connectivity index (χ3n) is 3.58. The molecule has 0 saturated carbocycles. The van der Waals surface area contributed by atoms with E-state index in [-0.39, 0.29) is 5.69 Å². The van der Waals surface area contributed by atoms with E-state index in [0.717, 1.165) is 11.8 Å². The minimum absolute atomic E-state index is 0.0375. The van der Waals surface area contributed by atoms with Gasteiger partial charge < -0.3 is 10.6 Å². The number of halogens is 3. The highest BCUT2D eigenvalue weighted by atomic mass is 19.2. The first-order valence-corrected chi connectivity index (χ1v) is 7.66. The summed E-state index contributed by atoms with van der Waals surface area (Å²) in [7, 11) is 0. The minimum atomic E-state index is -1.66. The molecule has 1 heterocycles. The Hall–Kier alpha value is -3.86. The summed E-state index contributed by atoms with van der Waals surface area (Å²) >= 11 is 0. The summed E-state index contributed by atoms with van der Waals surface area (Å²) < 4.78 is 39.8. The fraction of sp³-hybridized carbons (Fsp3) is 0. The molecule has 0 saturated heterocycles. The van der Waals surface area contributed by atoms with E-state index in [0.29, 0.717) is 17.3 Å². The molecule has 27 heavy (non-hydrogen) atoms. The van der Waals surface area contributed by atoms with Crippen LogP contribution in [-0.4, -0.2) is 10.9 Å². The monoisotopic (exact) mass is 368 g/mol. The zero-order chi connectivity index (χ0) is 19.4. The maximum Gasteiger partial charge on any atom is 0.274 e. The molecule has 2 N–H and O–H groups in total. The van der Waals surface area contributed by atoms with E-state index in [1.807, 2.05) is 6.07 Å². The summed E-state index contributed by atoms with van der Waals surface area (Å²) in [6, 6.07) is 13.3. The summed E-state index contributed by atoms with van der Waals surface area (Å²) in [4.78, 5) is 16.1. The second-order valence-corrected chi connectivity index (χ2v) is 5.42. The number of benzene rings is 2. The van der Waals surface area contributed by atoms with Gasteiger partial charge in [0.1, 0.15) is 5.69 Å². The van der Waals surface area contributed by atoms with Crippen LogP contribution in [0.3, 0.4) is 0 Å². The van der Waals surface area contributed by atoms with Crippen molar-refractivity contribution in [1.29, 1.82) is 5.26 Å². The van der Waals surface area contributed by atoms with Crippen LogP contribution in [0.1, 0.15) is 16.1 Å². The van der Waals surface area contributed by atoms with E-state index in [9.17, 15) is 18.0 Å². The average molecular weight is 368 g/mol. The van der Waals surface area contributed by atoms with Crippen LogP contribution in [0.4, 0.5) is 30.2 Å². The summed E-state index contributed by atoms with van der Waals surface area (Å²) in [6.45, 7) is 0. The summed E-state index contributed by atoms with van der Waals surface area (Å²) in [5.74, 6) is -5.27. The molecule has 0 spiro atoms. The highest BCUT2D eigenvalue weighted by Crippen LogP contribution is 2.21. The number of carbonyl (C=O) groups excluding carboxylic acids is 1. The molecule has 0 fully saturated rings. The molecular formula is C19H11F3N4O. The molecule has 2 aromatic carbocycles. The molecule has 1 amide bonds. The Bertz CT molecular complexity index is 1030. The van der Waals surface area contributed by atoms with Crippen molar-refractivity contribution in [3.63, 3.8) is 0 Å². The largest absolute Gasteiger partial charge is 0.354 e. The third-order valence-corrected chi connectivity index (χ3v) is 3.58. The second kappa shape index (κ2) is 7.58. The SMILES string of the molecule is N#Cc1ccc(Nc2ccc(C(=O)Nc3ccc(F)c(F)c3F)nc2)cc1. The number of rotatable bonds is 4. The van der Waals surface area contributed by atoms with Gasteiger partial charge in [-0.2, -0.15) is 5.26 Å². The quantitative estimate of drug-likeness (QED) is 0.671. The Morgan fingerprint density at radius 1 is 0.926 bits per heavy atom. The minimum Gasteiger partial charge on any atom is -0.354 e. The molecule has 0 bridgehead atoms. The van der Waals surface area contributed by atoms with Gasteiger partial charge in [0, 0.05) is 5.69 Å². The Balaban J connectivity index is 1.70. The van der Waals surface area contributed by atoms with Gasteiger partial charge in [-0.25, -0.2) is 18.2 Å². The molecular weight excluding hydrogens is 357 g/mol. The molecule has 3 aromatic rings. The van der Waals surface area contributed by atoms with Crippen molar-refractivity contribution in [2.75, 3.05) is 10.6 Å². The lowest BCUT2D eigenvalue weighted by Gasteiger charge is -2.09. The van der Waals surface area contributed by atoms with E-state index >= 15 is 0 Å². The summed E-state index contributed by atoms with van der Waals surface area (Å²) in [5, 5.41) is 14.0. The maximum atomic E-state index is 13.6. The van der Waals surface area contributed by atoms with Crippen molar-refractivity contribution >= 4 is 23.0 Å². The van der Waals surface area contributed by atoms with Crippen LogP contribution in [0.5, 0.6) is 0 Å². The fourth-order valence-electron chi connectivity index (χ4n) is 2.21. The molecule has 1 aromatic heterocycles.